The molecule has 0 radical (unpaired) electrons. The summed E-state index contributed by atoms with van der Waals surface area (Å²) in [5, 5.41) is 12.9. The van der Waals surface area contributed by atoms with Crippen LogP contribution in [0.5, 0.6) is 17.2 Å². The number of carbonyl (C=O) groups is 2. The van der Waals surface area contributed by atoms with Gasteiger partial charge in [0.15, 0.2) is 18.1 Å². The number of carboxylic acids is 1. The van der Waals surface area contributed by atoms with E-state index in [1.165, 1.54) is 25.5 Å². The van der Waals surface area contributed by atoms with Crippen LogP contribution in [-0.4, -0.2) is 36.9 Å². The molecule has 0 heterocycles. The highest BCUT2D eigenvalue weighted by Gasteiger charge is 2.07. The van der Waals surface area contributed by atoms with Crippen LogP contribution in [0.2, 0.25) is 0 Å². The lowest BCUT2D eigenvalue weighted by Crippen LogP contribution is -2.24. The fourth-order valence-corrected chi connectivity index (χ4v) is 3.08. The first-order chi connectivity index (χ1) is 15.9. The Kier molecular flexibility index (Phi) is 8.43. The molecule has 9 heteroatoms. The van der Waals surface area contributed by atoms with Crippen molar-refractivity contribution < 1.29 is 28.9 Å². The molecule has 3 aromatic carbocycles. The van der Waals surface area contributed by atoms with Gasteiger partial charge in [-0.2, -0.15) is 5.10 Å². The van der Waals surface area contributed by atoms with E-state index in [1.54, 1.807) is 42.5 Å². The smallest absolute Gasteiger partial charge is 0.335 e. The molecular weight excluding hydrogens is 492 g/mol. The molecule has 3 aromatic rings. The molecule has 0 aromatic heterocycles. The maximum atomic E-state index is 11.9. The number of ether oxygens (including phenoxy) is 3. The first-order valence-electron chi connectivity index (χ1n) is 9.78. The Balaban J connectivity index is 1.52. The molecular formula is C24H21BrN2O6. The third-order valence-corrected chi connectivity index (χ3v) is 4.85. The van der Waals surface area contributed by atoms with Crippen molar-refractivity contribution in [2.75, 3.05) is 13.7 Å². The number of halogens is 1. The van der Waals surface area contributed by atoms with Gasteiger partial charge in [-0.3, -0.25) is 4.79 Å². The van der Waals surface area contributed by atoms with Crippen LogP contribution in [0.1, 0.15) is 21.5 Å². The Morgan fingerprint density at radius 1 is 1.03 bits per heavy atom. The van der Waals surface area contributed by atoms with Crippen LogP contribution in [0, 0.1) is 0 Å². The molecule has 170 valence electrons. The lowest BCUT2D eigenvalue weighted by molar-refractivity contribution is -0.123. The molecule has 0 saturated heterocycles. The van der Waals surface area contributed by atoms with E-state index in [0.29, 0.717) is 22.8 Å². The highest BCUT2D eigenvalue weighted by Crippen LogP contribution is 2.28. The van der Waals surface area contributed by atoms with Crippen LogP contribution in [0.25, 0.3) is 0 Å². The highest BCUT2D eigenvalue weighted by molar-refractivity contribution is 9.10. The SMILES string of the molecule is COc1cc(/C=N/NC(=O)COc2cccc(Br)c2)ccc1OCc1ccc(C(=O)O)cc1. The molecule has 3 rings (SSSR count). The second-order valence-corrected chi connectivity index (χ2v) is 7.66. The van der Waals surface area contributed by atoms with Gasteiger partial charge in [-0.15, -0.1) is 0 Å². The Morgan fingerprint density at radius 2 is 1.82 bits per heavy atom. The summed E-state index contributed by atoms with van der Waals surface area (Å²) in [6, 6.07) is 18.8. The van der Waals surface area contributed by atoms with E-state index in [4.69, 9.17) is 19.3 Å². The van der Waals surface area contributed by atoms with E-state index in [-0.39, 0.29) is 18.8 Å². The zero-order valence-corrected chi connectivity index (χ0v) is 19.2. The standard InChI is InChI=1S/C24H21BrN2O6/c1-31-22-11-17(13-26-27-23(28)15-32-20-4-2-3-19(25)12-20)7-10-21(22)33-14-16-5-8-18(9-6-16)24(29)30/h2-13H,14-15H2,1H3,(H,27,28)(H,29,30)/b26-13+. The molecule has 0 atom stereocenters. The van der Waals surface area contributed by atoms with E-state index in [0.717, 1.165) is 10.0 Å². The Morgan fingerprint density at radius 3 is 2.52 bits per heavy atom. The second kappa shape index (κ2) is 11.7. The number of hydrazone groups is 1. The summed E-state index contributed by atoms with van der Waals surface area (Å²) in [5.74, 6) is 0.206. The van der Waals surface area contributed by atoms with E-state index < -0.39 is 11.9 Å². The van der Waals surface area contributed by atoms with Gasteiger partial charge in [-0.05, 0) is 59.7 Å². The van der Waals surface area contributed by atoms with Crippen LogP contribution >= 0.6 is 15.9 Å². The van der Waals surface area contributed by atoms with E-state index in [9.17, 15) is 9.59 Å². The fraction of sp³-hybridized carbons (Fsp3) is 0.125. The predicted octanol–water partition coefficient (Wildman–Crippen LogP) is 4.26. The summed E-state index contributed by atoms with van der Waals surface area (Å²) >= 11 is 3.34. The minimum absolute atomic E-state index is 0.169. The average molecular weight is 513 g/mol. The number of benzene rings is 3. The molecule has 0 aliphatic rings. The van der Waals surface area contributed by atoms with Crippen molar-refractivity contribution in [3.8, 4) is 17.2 Å². The summed E-state index contributed by atoms with van der Waals surface area (Å²) in [7, 11) is 1.52. The quantitative estimate of drug-likeness (QED) is 0.310. The van der Waals surface area contributed by atoms with E-state index in [2.05, 4.69) is 26.5 Å². The minimum atomic E-state index is -0.977. The number of methoxy groups -OCH3 is 1. The summed E-state index contributed by atoms with van der Waals surface area (Å²) < 4.78 is 17.4. The largest absolute Gasteiger partial charge is 0.493 e. The van der Waals surface area contributed by atoms with E-state index >= 15 is 0 Å². The molecule has 33 heavy (non-hydrogen) atoms. The van der Waals surface area contributed by atoms with Gasteiger partial charge in [0.25, 0.3) is 5.91 Å². The lowest BCUT2D eigenvalue weighted by atomic mass is 10.1. The number of amides is 1. The van der Waals surface area contributed by atoms with Gasteiger partial charge in [0.05, 0.1) is 18.9 Å². The first-order valence-corrected chi connectivity index (χ1v) is 10.6. The summed E-state index contributed by atoms with van der Waals surface area (Å²) in [6.07, 6.45) is 1.48. The zero-order chi connectivity index (χ0) is 23.6. The van der Waals surface area contributed by atoms with Gasteiger partial charge in [0.2, 0.25) is 0 Å². The number of nitrogens with one attached hydrogen (secondary N) is 1. The number of rotatable bonds is 10. The van der Waals surface area contributed by atoms with Crippen molar-refractivity contribution in [3.63, 3.8) is 0 Å². The average Bonchev–Trinajstić information content (AvgIpc) is 2.82. The maximum Gasteiger partial charge on any atom is 0.335 e. The van der Waals surface area contributed by atoms with Crippen LogP contribution in [-0.2, 0) is 11.4 Å². The number of aromatic carboxylic acids is 1. The molecule has 0 spiro atoms. The Labute approximate surface area is 198 Å². The first kappa shape index (κ1) is 23.8. The molecule has 0 bridgehead atoms. The molecule has 0 saturated carbocycles. The number of carbonyl (C=O) groups excluding carboxylic acids is 1. The normalized spacial score (nSPS) is 10.6. The molecule has 0 aliphatic carbocycles. The predicted molar refractivity (Wildman–Crippen MR) is 126 cm³/mol. The van der Waals surface area contributed by atoms with Gasteiger partial charge in [-0.1, -0.05) is 34.1 Å². The van der Waals surface area contributed by atoms with Gasteiger partial charge >= 0.3 is 5.97 Å². The second-order valence-electron chi connectivity index (χ2n) is 6.74. The molecule has 0 fully saturated rings. The number of nitrogens with zero attached hydrogens (tertiary/aromatic N) is 1. The van der Waals surface area contributed by atoms with Crippen molar-refractivity contribution in [1.82, 2.24) is 5.43 Å². The van der Waals surface area contributed by atoms with Crippen LogP contribution in [0.15, 0.2) is 76.3 Å². The molecule has 0 unspecified atom stereocenters. The Hall–Kier alpha value is -3.85. The van der Waals surface area contributed by atoms with Gasteiger partial charge < -0.3 is 19.3 Å². The monoisotopic (exact) mass is 512 g/mol. The molecule has 2 N–H and O–H groups in total. The third kappa shape index (κ3) is 7.36. The maximum absolute atomic E-state index is 11.9. The van der Waals surface area contributed by atoms with Gasteiger partial charge in [-0.25, -0.2) is 10.2 Å². The topological polar surface area (TPSA) is 106 Å². The molecule has 0 aliphatic heterocycles. The van der Waals surface area contributed by atoms with Crippen LogP contribution in [0.3, 0.4) is 0 Å². The number of hydrogen-bond donors (Lipinski definition) is 2. The van der Waals surface area contributed by atoms with Crippen LogP contribution < -0.4 is 19.6 Å². The van der Waals surface area contributed by atoms with Crippen molar-refractivity contribution >= 4 is 34.0 Å². The summed E-state index contributed by atoms with van der Waals surface area (Å²) in [4.78, 5) is 22.8. The van der Waals surface area contributed by atoms with Crippen LogP contribution in [0.4, 0.5) is 0 Å². The molecule has 1 amide bonds. The highest BCUT2D eigenvalue weighted by atomic mass is 79.9. The van der Waals surface area contributed by atoms with Crippen molar-refractivity contribution in [3.05, 3.63) is 87.9 Å². The number of hydrogen-bond acceptors (Lipinski definition) is 6. The van der Waals surface area contributed by atoms with Crippen molar-refractivity contribution in [2.45, 2.75) is 6.61 Å². The summed E-state index contributed by atoms with van der Waals surface area (Å²) in [5.41, 5.74) is 4.13. The van der Waals surface area contributed by atoms with Gasteiger partial charge in [0, 0.05) is 4.47 Å². The minimum Gasteiger partial charge on any atom is -0.493 e. The lowest BCUT2D eigenvalue weighted by Gasteiger charge is -2.11. The van der Waals surface area contributed by atoms with E-state index in [1.807, 2.05) is 12.1 Å². The molecule has 8 nitrogen and oxygen atoms in total. The van der Waals surface area contributed by atoms with Crippen molar-refractivity contribution in [2.24, 2.45) is 5.10 Å². The summed E-state index contributed by atoms with van der Waals surface area (Å²) in [6.45, 7) is 0.0784. The van der Waals surface area contributed by atoms with Gasteiger partial charge in [0.1, 0.15) is 12.4 Å². The number of carboxylic acid groups (broad SMARTS) is 1. The zero-order valence-electron chi connectivity index (χ0n) is 17.7. The van der Waals surface area contributed by atoms with Crippen molar-refractivity contribution in [1.29, 1.82) is 0 Å². The Bertz CT molecular complexity index is 1150. The fourth-order valence-electron chi connectivity index (χ4n) is 2.71. The third-order valence-electron chi connectivity index (χ3n) is 4.35.